The van der Waals surface area contributed by atoms with Gasteiger partial charge in [0.05, 0.1) is 13.7 Å². The summed E-state index contributed by atoms with van der Waals surface area (Å²) in [5.41, 5.74) is 4.29. The van der Waals surface area contributed by atoms with Crippen LogP contribution in [-0.2, 0) is 14.3 Å². The molecular weight excluding hydrogens is 398 g/mol. The van der Waals surface area contributed by atoms with Crippen LogP contribution < -0.4 is 4.74 Å². The molecule has 2 aromatic rings. The van der Waals surface area contributed by atoms with Crippen LogP contribution in [0, 0.1) is 5.92 Å². The van der Waals surface area contributed by atoms with Crippen molar-refractivity contribution in [3.8, 4) is 5.75 Å². The number of hydrogen-bond acceptors (Lipinski definition) is 6. The molecule has 3 atom stereocenters. The first kappa shape index (κ1) is 20.5. The van der Waals surface area contributed by atoms with Gasteiger partial charge in [0.2, 0.25) is 0 Å². The van der Waals surface area contributed by atoms with E-state index in [0.29, 0.717) is 30.7 Å². The van der Waals surface area contributed by atoms with Gasteiger partial charge in [-0.25, -0.2) is 0 Å². The van der Waals surface area contributed by atoms with Crippen molar-refractivity contribution in [3.05, 3.63) is 63.5 Å². The number of allylic oxidation sites excluding steroid dienone is 2. The zero-order chi connectivity index (χ0) is 21.3. The van der Waals surface area contributed by atoms with Crippen LogP contribution in [0.4, 0.5) is 0 Å². The minimum absolute atomic E-state index is 0.0683. The van der Waals surface area contributed by atoms with E-state index in [9.17, 15) is 9.59 Å². The molecule has 156 valence electrons. The van der Waals surface area contributed by atoms with Crippen LogP contribution in [0.1, 0.15) is 49.7 Å². The fourth-order valence-corrected chi connectivity index (χ4v) is 5.22. The molecule has 0 radical (unpaired) electrons. The fraction of sp³-hybridized carbons (Fsp3) is 0.375. The highest BCUT2D eigenvalue weighted by molar-refractivity contribution is 7.08. The molecule has 0 saturated carbocycles. The van der Waals surface area contributed by atoms with Crippen LogP contribution in [0.5, 0.6) is 5.75 Å². The Balaban J connectivity index is 1.73. The van der Waals surface area contributed by atoms with Gasteiger partial charge in [0.15, 0.2) is 5.78 Å². The molecule has 0 amide bonds. The number of aliphatic imine (C=N–C) groups is 1. The number of carbonyl (C=O) groups is 2. The average molecular weight is 424 g/mol. The summed E-state index contributed by atoms with van der Waals surface area (Å²) >= 11 is 1.57. The number of nitrogens with zero attached hydrogens (tertiary/aromatic N) is 1. The van der Waals surface area contributed by atoms with E-state index in [4.69, 9.17) is 14.5 Å². The van der Waals surface area contributed by atoms with Gasteiger partial charge in [-0.1, -0.05) is 12.1 Å². The Bertz CT molecular complexity index is 1000. The number of thiophene rings is 1. The van der Waals surface area contributed by atoms with Crippen LogP contribution in [0.2, 0.25) is 0 Å². The normalized spacial score (nSPS) is 23.6. The maximum absolute atomic E-state index is 13.4. The molecule has 0 saturated heterocycles. The second kappa shape index (κ2) is 8.56. The van der Waals surface area contributed by atoms with Crippen LogP contribution in [-0.4, -0.2) is 31.2 Å². The van der Waals surface area contributed by atoms with Gasteiger partial charge in [-0.3, -0.25) is 14.6 Å². The standard InChI is InChI=1S/C24H25NO4S/c1-4-29-24(27)21-14(2)25-19-11-17(15-5-7-18(28-3)8-6-15)12-20(26)23(19)22(21)16-9-10-30-13-16/h5-10,13,17,21-22H,4,11-12H2,1-3H3/t17-,21?,22+/m0/s1. The number of ether oxygens (including phenoxy) is 2. The summed E-state index contributed by atoms with van der Waals surface area (Å²) in [6.07, 6.45) is 1.09. The monoisotopic (exact) mass is 423 g/mol. The third-order valence-electron chi connectivity index (χ3n) is 5.92. The van der Waals surface area contributed by atoms with Gasteiger partial charge < -0.3 is 9.47 Å². The van der Waals surface area contributed by atoms with Crippen LogP contribution >= 0.6 is 11.3 Å². The number of ketones is 1. The number of Topliss-reactive ketones (excluding diaryl/α,β-unsaturated/α-hetero) is 1. The molecule has 2 aliphatic rings. The van der Waals surface area contributed by atoms with E-state index in [1.807, 2.05) is 48.0 Å². The molecule has 5 nitrogen and oxygen atoms in total. The summed E-state index contributed by atoms with van der Waals surface area (Å²) in [6, 6.07) is 9.86. The molecule has 4 rings (SSSR count). The SMILES string of the molecule is CCOC(=O)C1C(C)=NC2=C(C(=O)C[C@@H](c3ccc(OC)cc3)C2)[C@@H]1c1ccsc1. The first-order chi connectivity index (χ1) is 14.5. The lowest BCUT2D eigenvalue weighted by Crippen LogP contribution is -2.38. The summed E-state index contributed by atoms with van der Waals surface area (Å²) in [4.78, 5) is 30.9. The van der Waals surface area contributed by atoms with Crippen LogP contribution in [0.15, 0.2) is 57.4 Å². The fourth-order valence-electron chi connectivity index (χ4n) is 4.52. The van der Waals surface area contributed by atoms with Crippen molar-refractivity contribution < 1.29 is 19.1 Å². The molecule has 0 spiro atoms. The van der Waals surface area contributed by atoms with E-state index in [0.717, 1.165) is 22.6 Å². The van der Waals surface area contributed by atoms with Gasteiger partial charge in [-0.2, -0.15) is 11.3 Å². The molecule has 6 heteroatoms. The van der Waals surface area contributed by atoms with Crippen molar-refractivity contribution in [1.82, 2.24) is 0 Å². The number of rotatable bonds is 5. The average Bonchev–Trinajstić information content (AvgIpc) is 3.27. The maximum atomic E-state index is 13.4. The molecule has 1 aromatic heterocycles. The zero-order valence-electron chi connectivity index (χ0n) is 17.4. The van der Waals surface area contributed by atoms with Gasteiger partial charge in [0.1, 0.15) is 11.7 Å². The zero-order valence-corrected chi connectivity index (χ0v) is 18.2. The Kier molecular flexibility index (Phi) is 5.86. The van der Waals surface area contributed by atoms with E-state index in [1.54, 1.807) is 25.4 Å². The highest BCUT2D eigenvalue weighted by Gasteiger charge is 2.44. The smallest absolute Gasteiger partial charge is 0.315 e. The lowest BCUT2D eigenvalue weighted by molar-refractivity contribution is -0.146. The van der Waals surface area contributed by atoms with Crippen molar-refractivity contribution in [3.63, 3.8) is 0 Å². The Labute approximate surface area is 180 Å². The Morgan fingerprint density at radius 3 is 2.57 bits per heavy atom. The highest BCUT2D eigenvalue weighted by Crippen LogP contribution is 2.47. The van der Waals surface area contributed by atoms with Crippen molar-refractivity contribution in [2.75, 3.05) is 13.7 Å². The van der Waals surface area contributed by atoms with Gasteiger partial charge in [0.25, 0.3) is 0 Å². The lowest BCUT2D eigenvalue weighted by Gasteiger charge is -2.36. The Morgan fingerprint density at radius 2 is 1.93 bits per heavy atom. The van der Waals surface area contributed by atoms with Crippen molar-refractivity contribution >= 4 is 28.8 Å². The number of methoxy groups -OCH3 is 1. The summed E-state index contributed by atoms with van der Waals surface area (Å²) in [5, 5.41) is 4.00. The van der Waals surface area contributed by atoms with Gasteiger partial charge >= 0.3 is 5.97 Å². The molecule has 1 aromatic carbocycles. The summed E-state index contributed by atoms with van der Waals surface area (Å²) in [6.45, 7) is 3.97. The third kappa shape index (κ3) is 3.72. The van der Waals surface area contributed by atoms with E-state index in [1.165, 1.54) is 0 Å². The van der Waals surface area contributed by atoms with Gasteiger partial charge in [-0.05, 0) is 66.3 Å². The Hall–Kier alpha value is -2.73. The molecule has 30 heavy (non-hydrogen) atoms. The van der Waals surface area contributed by atoms with Gasteiger partial charge in [0, 0.05) is 29.3 Å². The molecule has 2 heterocycles. The summed E-state index contributed by atoms with van der Waals surface area (Å²) in [7, 11) is 1.64. The van der Waals surface area contributed by atoms with E-state index >= 15 is 0 Å². The first-order valence-electron chi connectivity index (χ1n) is 10.2. The maximum Gasteiger partial charge on any atom is 0.315 e. The number of benzene rings is 1. The van der Waals surface area contributed by atoms with Crippen LogP contribution in [0.3, 0.4) is 0 Å². The second-order valence-electron chi connectivity index (χ2n) is 7.68. The van der Waals surface area contributed by atoms with Crippen molar-refractivity contribution in [2.45, 2.75) is 38.5 Å². The number of esters is 1. The van der Waals surface area contributed by atoms with Crippen LogP contribution in [0.25, 0.3) is 0 Å². The predicted octanol–water partition coefficient (Wildman–Crippen LogP) is 4.89. The molecule has 1 unspecified atom stereocenters. The van der Waals surface area contributed by atoms with E-state index in [2.05, 4.69) is 0 Å². The van der Waals surface area contributed by atoms with E-state index < -0.39 is 5.92 Å². The van der Waals surface area contributed by atoms with E-state index in [-0.39, 0.29) is 23.6 Å². The lowest BCUT2D eigenvalue weighted by atomic mass is 9.70. The topological polar surface area (TPSA) is 65.0 Å². The minimum atomic E-state index is -0.556. The second-order valence-corrected chi connectivity index (χ2v) is 8.46. The Morgan fingerprint density at radius 1 is 1.17 bits per heavy atom. The van der Waals surface area contributed by atoms with Gasteiger partial charge in [-0.15, -0.1) is 0 Å². The molecule has 0 N–H and O–H groups in total. The molecule has 1 aliphatic heterocycles. The number of hydrogen-bond donors (Lipinski definition) is 0. The highest BCUT2D eigenvalue weighted by atomic mass is 32.1. The summed E-state index contributed by atoms with van der Waals surface area (Å²) < 4.78 is 10.6. The predicted molar refractivity (Wildman–Crippen MR) is 117 cm³/mol. The third-order valence-corrected chi connectivity index (χ3v) is 6.62. The first-order valence-corrected chi connectivity index (χ1v) is 11.1. The van der Waals surface area contributed by atoms with Crippen molar-refractivity contribution in [1.29, 1.82) is 0 Å². The molecular formula is C24H25NO4S. The minimum Gasteiger partial charge on any atom is -0.497 e. The quantitative estimate of drug-likeness (QED) is 0.642. The largest absolute Gasteiger partial charge is 0.497 e. The molecule has 0 bridgehead atoms. The number of carbonyl (C=O) groups excluding carboxylic acids is 2. The molecule has 0 fully saturated rings. The summed E-state index contributed by atoms with van der Waals surface area (Å²) in [5.74, 6) is -0.264. The van der Waals surface area contributed by atoms with Crippen molar-refractivity contribution in [2.24, 2.45) is 10.9 Å². The molecule has 1 aliphatic carbocycles.